The van der Waals surface area contributed by atoms with Crippen LogP contribution in [0.15, 0.2) is 0 Å². The molecule has 0 aliphatic carbocycles. The van der Waals surface area contributed by atoms with E-state index in [-0.39, 0.29) is 41.1 Å². The number of carbonyl (C=O) groups excluding carboxylic acids is 3. The summed E-state index contributed by atoms with van der Waals surface area (Å²) in [6.45, 7) is 10.0. The fraction of sp³-hybridized carbons (Fsp3) is 0.857. The van der Waals surface area contributed by atoms with Crippen molar-refractivity contribution in [3.05, 3.63) is 0 Å². The van der Waals surface area contributed by atoms with Crippen molar-refractivity contribution >= 4 is 33.7 Å². The quantitative estimate of drug-likeness (QED) is 0.480. The van der Waals surface area contributed by atoms with Crippen LogP contribution in [-0.2, 0) is 19.1 Å². The van der Waals surface area contributed by atoms with Crippen molar-refractivity contribution in [2.24, 2.45) is 17.3 Å². The fourth-order valence-corrected chi connectivity index (χ4v) is 6.96. The number of ether oxygens (including phenoxy) is 1. The average molecular weight is 488 g/mol. The summed E-state index contributed by atoms with van der Waals surface area (Å²) in [6.07, 6.45) is 0.739. The van der Waals surface area contributed by atoms with Crippen molar-refractivity contribution in [3.8, 4) is 0 Å². The van der Waals surface area contributed by atoms with Crippen molar-refractivity contribution in [2.45, 2.75) is 75.6 Å². The van der Waals surface area contributed by atoms with E-state index >= 15 is 0 Å². The minimum Gasteiger partial charge on any atom is -0.395 e. The van der Waals surface area contributed by atoms with E-state index in [0.717, 1.165) is 6.42 Å². The van der Waals surface area contributed by atoms with Gasteiger partial charge in [-0.3, -0.25) is 14.4 Å². The standard InChI is InChI=1S/C21H34BrN3O5/c1-19(2,3)10-20(4,5)24-17(28)15-21-9-11(22)14(30-21)12(16(27)23-6)13(21)18(29)25(15)7-8-26/h11-15,26H,7-10H2,1-6H3,(H,23,27)(H,24,28)/t11?,12-,13-,14-,15?,21?/m0/s1. The first-order valence-electron chi connectivity index (χ1n) is 10.5. The molecule has 0 aromatic carbocycles. The van der Waals surface area contributed by atoms with E-state index in [4.69, 9.17) is 4.74 Å². The molecule has 6 atom stereocenters. The summed E-state index contributed by atoms with van der Waals surface area (Å²) in [7, 11) is 1.54. The Kier molecular flexibility index (Phi) is 6.06. The Hall–Kier alpha value is -1.19. The molecule has 3 heterocycles. The maximum atomic E-state index is 13.6. The Morgan fingerprint density at radius 1 is 1.27 bits per heavy atom. The topological polar surface area (TPSA) is 108 Å². The molecular formula is C21H34BrN3O5. The molecule has 0 saturated carbocycles. The van der Waals surface area contributed by atoms with Gasteiger partial charge < -0.3 is 25.4 Å². The summed E-state index contributed by atoms with van der Waals surface area (Å²) in [5.41, 5.74) is -1.58. The van der Waals surface area contributed by atoms with Gasteiger partial charge >= 0.3 is 0 Å². The average Bonchev–Trinajstić information content (AvgIpc) is 3.16. The van der Waals surface area contributed by atoms with Crippen LogP contribution in [0.5, 0.6) is 0 Å². The maximum absolute atomic E-state index is 13.6. The molecule has 1 spiro atoms. The molecule has 3 aliphatic rings. The van der Waals surface area contributed by atoms with Crippen LogP contribution in [0.3, 0.4) is 0 Å². The molecule has 0 radical (unpaired) electrons. The highest BCUT2D eigenvalue weighted by molar-refractivity contribution is 9.09. The zero-order chi connectivity index (χ0) is 22.6. The predicted octanol–water partition coefficient (Wildman–Crippen LogP) is 0.804. The third-order valence-corrected chi connectivity index (χ3v) is 7.21. The van der Waals surface area contributed by atoms with Gasteiger partial charge in [-0.25, -0.2) is 0 Å². The van der Waals surface area contributed by atoms with Gasteiger partial charge in [0, 0.05) is 24.0 Å². The number of halogens is 1. The summed E-state index contributed by atoms with van der Waals surface area (Å²) >= 11 is 3.61. The lowest BCUT2D eigenvalue weighted by Crippen LogP contribution is -2.60. The molecule has 170 valence electrons. The SMILES string of the molecule is CNC(=O)[C@H]1[C@H]2C(=O)N(CCO)C(C(=O)NC(C)(C)CC(C)(C)C)C23CC(Br)[C@@H]1O3. The molecule has 0 aromatic heterocycles. The van der Waals surface area contributed by atoms with E-state index in [9.17, 15) is 19.5 Å². The lowest BCUT2D eigenvalue weighted by atomic mass is 9.70. The first-order chi connectivity index (χ1) is 13.8. The normalized spacial score (nSPS) is 35.5. The number of nitrogens with one attached hydrogen (secondary N) is 2. The molecular weight excluding hydrogens is 454 g/mol. The molecule has 3 amide bonds. The van der Waals surface area contributed by atoms with E-state index in [1.165, 1.54) is 11.9 Å². The van der Waals surface area contributed by atoms with Gasteiger partial charge in [-0.1, -0.05) is 36.7 Å². The Morgan fingerprint density at radius 3 is 2.43 bits per heavy atom. The number of likely N-dealkylation sites (tertiary alicyclic amines) is 1. The molecule has 9 heteroatoms. The number of rotatable bonds is 6. The predicted molar refractivity (Wildman–Crippen MR) is 115 cm³/mol. The molecule has 3 N–H and O–H groups in total. The zero-order valence-electron chi connectivity index (χ0n) is 18.6. The van der Waals surface area contributed by atoms with E-state index < -0.39 is 35.1 Å². The van der Waals surface area contributed by atoms with Crippen LogP contribution in [0.2, 0.25) is 0 Å². The number of aliphatic hydroxyl groups excluding tert-OH is 1. The largest absolute Gasteiger partial charge is 0.395 e. The monoisotopic (exact) mass is 487 g/mol. The van der Waals surface area contributed by atoms with Crippen LogP contribution in [-0.4, -0.2) is 76.0 Å². The second-order valence-electron chi connectivity index (χ2n) is 10.6. The number of hydrogen-bond donors (Lipinski definition) is 3. The van der Waals surface area contributed by atoms with Gasteiger partial charge in [0.15, 0.2) is 0 Å². The van der Waals surface area contributed by atoms with Crippen molar-refractivity contribution in [2.75, 3.05) is 20.2 Å². The number of hydrogen-bond acceptors (Lipinski definition) is 5. The number of aliphatic hydroxyl groups is 1. The number of nitrogens with zero attached hydrogens (tertiary/aromatic N) is 1. The lowest BCUT2D eigenvalue weighted by molar-refractivity contribution is -0.143. The van der Waals surface area contributed by atoms with Crippen LogP contribution in [0.25, 0.3) is 0 Å². The minimum atomic E-state index is -1.08. The third kappa shape index (κ3) is 3.77. The molecule has 3 rings (SSSR count). The van der Waals surface area contributed by atoms with Gasteiger partial charge in [0.05, 0.1) is 24.5 Å². The maximum Gasteiger partial charge on any atom is 0.246 e. The number of amides is 3. The first kappa shape index (κ1) is 23.5. The molecule has 3 aliphatic heterocycles. The van der Waals surface area contributed by atoms with Crippen LogP contribution >= 0.6 is 15.9 Å². The molecule has 3 saturated heterocycles. The van der Waals surface area contributed by atoms with Gasteiger partial charge in [0.2, 0.25) is 17.7 Å². The Balaban J connectivity index is 1.97. The van der Waals surface area contributed by atoms with Crippen molar-refractivity contribution in [1.82, 2.24) is 15.5 Å². The smallest absolute Gasteiger partial charge is 0.246 e. The highest BCUT2D eigenvalue weighted by Gasteiger charge is 2.76. The zero-order valence-corrected chi connectivity index (χ0v) is 20.2. The second-order valence-corrected chi connectivity index (χ2v) is 11.8. The summed E-state index contributed by atoms with van der Waals surface area (Å²) < 4.78 is 6.32. The molecule has 30 heavy (non-hydrogen) atoms. The van der Waals surface area contributed by atoms with E-state index in [1.807, 2.05) is 13.8 Å². The number of carbonyl (C=O) groups is 3. The van der Waals surface area contributed by atoms with Crippen molar-refractivity contribution < 1.29 is 24.2 Å². The molecule has 0 aromatic rings. The summed E-state index contributed by atoms with van der Waals surface area (Å²) in [5, 5.41) is 15.3. The van der Waals surface area contributed by atoms with Crippen LogP contribution in [0, 0.1) is 17.3 Å². The highest BCUT2D eigenvalue weighted by Crippen LogP contribution is 2.59. The third-order valence-electron chi connectivity index (χ3n) is 6.36. The Bertz CT molecular complexity index is 737. The molecule has 3 unspecified atom stereocenters. The summed E-state index contributed by atoms with van der Waals surface area (Å²) in [6, 6.07) is -0.888. The van der Waals surface area contributed by atoms with E-state index in [0.29, 0.717) is 6.42 Å². The van der Waals surface area contributed by atoms with Crippen molar-refractivity contribution in [3.63, 3.8) is 0 Å². The van der Waals surface area contributed by atoms with Crippen LogP contribution in [0.1, 0.15) is 47.5 Å². The minimum absolute atomic E-state index is 0.00145. The Morgan fingerprint density at radius 2 is 1.90 bits per heavy atom. The molecule has 2 bridgehead atoms. The van der Waals surface area contributed by atoms with Crippen molar-refractivity contribution in [1.29, 1.82) is 0 Å². The van der Waals surface area contributed by atoms with Gasteiger partial charge in [0.1, 0.15) is 11.6 Å². The number of alkyl halides is 1. The highest BCUT2D eigenvalue weighted by atomic mass is 79.9. The number of β-amino-alcohol motifs (C(OH)–C–C–N with tert-alkyl or cyclic N) is 1. The molecule has 3 fully saturated rings. The lowest BCUT2D eigenvalue weighted by Gasteiger charge is -2.38. The number of fused-ring (bicyclic) bond motifs is 1. The Labute approximate surface area is 186 Å². The fourth-order valence-electron chi connectivity index (χ4n) is 6.02. The second kappa shape index (κ2) is 7.74. The summed E-state index contributed by atoms with van der Waals surface area (Å²) in [5.74, 6) is -2.26. The van der Waals surface area contributed by atoms with Gasteiger partial charge in [-0.2, -0.15) is 0 Å². The van der Waals surface area contributed by atoms with Gasteiger partial charge in [-0.15, -0.1) is 0 Å². The van der Waals surface area contributed by atoms with E-state index in [2.05, 4.69) is 47.3 Å². The molecule has 8 nitrogen and oxygen atoms in total. The van der Waals surface area contributed by atoms with E-state index in [1.54, 1.807) is 0 Å². The van der Waals surface area contributed by atoms with Gasteiger partial charge in [-0.05, 0) is 32.1 Å². The van der Waals surface area contributed by atoms with Crippen LogP contribution < -0.4 is 10.6 Å². The summed E-state index contributed by atoms with van der Waals surface area (Å²) in [4.78, 5) is 40.8. The van der Waals surface area contributed by atoms with Crippen LogP contribution in [0.4, 0.5) is 0 Å². The first-order valence-corrected chi connectivity index (χ1v) is 11.5. The van der Waals surface area contributed by atoms with Gasteiger partial charge in [0.25, 0.3) is 0 Å².